The SMILES string of the molecule is CC(CC(=O)c1cccc2ccncc12)C(C)(C)C. The number of rotatable bonds is 3. The number of hydrogen-bond acceptors (Lipinski definition) is 2. The van der Waals surface area contributed by atoms with Gasteiger partial charge >= 0.3 is 0 Å². The second-order valence-corrected chi connectivity index (χ2v) is 6.30. The van der Waals surface area contributed by atoms with Crippen LogP contribution in [0.25, 0.3) is 10.8 Å². The zero-order valence-electron chi connectivity index (χ0n) is 12.1. The Balaban J connectivity index is 2.32. The number of hydrogen-bond donors (Lipinski definition) is 0. The number of pyridine rings is 1. The molecular weight excluding hydrogens is 234 g/mol. The standard InChI is InChI=1S/C17H21NO/c1-12(17(2,3)4)10-16(19)14-7-5-6-13-8-9-18-11-15(13)14/h5-9,11-12H,10H2,1-4H3. The summed E-state index contributed by atoms with van der Waals surface area (Å²) in [6, 6.07) is 7.80. The fourth-order valence-corrected chi connectivity index (χ4v) is 2.05. The molecule has 0 saturated carbocycles. The van der Waals surface area contributed by atoms with Crippen molar-refractivity contribution >= 4 is 16.6 Å². The molecule has 1 heterocycles. The number of benzene rings is 1. The second kappa shape index (κ2) is 5.12. The first-order valence-electron chi connectivity index (χ1n) is 6.75. The molecule has 1 atom stereocenters. The van der Waals surface area contributed by atoms with Crippen LogP contribution in [-0.4, -0.2) is 10.8 Å². The third kappa shape index (κ3) is 3.01. The first-order chi connectivity index (χ1) is 8.89. The maximum atomic E-state index is 12.5. The molecule has 1 unspecified atom stereocenters. The first kappa shape index (κ1) is 13.7. The van der Waals surface area contributed by atoms with Crippen LogP contribution in [0.2, 0.25) is 0 Å². The number of carbonyl (C=O) groups is 1. The van der Waals surface area contributed by atoms with Crippen LogP contribution in [-0.2, 0) is 0 Å². The highest BCUT2D eigenvalue weighted by Gasteiger charge is 2.23. The van der Waals surface area contributed by atoms with Crippen LogP contribution in [0.15, 0.2) is 36.7 Å². The number of carbonyl (C=O) groups excluding carboxylic acids is 1. The third-order valence-electron chi connectivity index (χ3n) is 3.95. The Labute approximate surface area is 114 Å². The normalized spacial score (nSPS) is 13.5. The quantitative estimate of drug-likeness (QED) is 0.756. The minimum atomic E-state index is 0.151. The molecule has 0 spiro atoms. The molecule has 0 N–H and O–H groups in total. The Morgan fingerprint density at radius 1 is 1.26 bits per heavy atom. The van der Waals surface area contributed by atoms with Gasteiger partial charge in [0.15, 0.2) is 5.78 Å². The summed E-state index contributed by atoms with van der Waals surface area (Å²) in [6.07, 6.45) is 4.12. The number of fused-ring (bicyclic) bond motifs is 1. The van der Waals surface area contributed by atoms with Gasteiger partial charge in [0.05, 0.1) is 0 Å². The van der Waals surface area contributed by atoms with Crippen molar-refractivity contribution in [3.8, 4) is 0 Å². The Morgan fingerprint density at radius 3 is 2.68 bits per heavy atom. The van der Waals surface area contributed by atoms with Crippen LogP contribution in [0.5, 0.6) is 0 Å². The predicted octanol–water partition coefficient (Wildman–Crippen LogP) is 4.49. The topological polar surface area (TPSA) is 30.0 Å². The highest BCUT2D eigenvalue weighted by molar-refractivity contribution is 6.07. The predicted molar refractivity (Wildman–Crippen MR) is 79.3 cm³/mol. The molecule has 0 aliphatic carbocycles. The molecule has 0 aliphatic heterocycles. The second-order valence-electron chi connectivity index (χ2n) is 6.30. The lowest BCUT2D eigenvalue weighted by Crippen LogP contribution is -2.20. The van der Waals surface area contributed by atoms with Crippen molar-refractivity contribution in [1.29, 1.82) is 0 Å². The zero-order valence-corrected chi connectivity index (χ0v) is 12.1. The van der Waals surface area contributed by atoms with Gasteiger partial charge in [0.25, 0.3) is 0 Å². The Kier molecular flexibility index (Phi) is 3.70. The average Bonchev–Trinajstić information content (AvgIpc) is 2.36. The molecule has 0 radical (unpaired) electrons. The van der Waals surface area contributed by atoms with Gasteiger partial charge < -0.3 is 0 Å². The summed E-state index contributed by atoms with van der Waals surface area (Å²) in [6.45, 7) is 8.67. The summed E-state index contributed by atoms with van der Waals surface area (Å²) in [5, 5.41) is 2.03. The summed E-state index contributed by atoms with van der Waals surface area (Å²) in [7, 11) is 0. The lowest BCUT2D eigenvalue weighted by Gasteiger charge is -2.26. The summed E-state index contributed by atoms with van der Waals surface area (Å²) >= 11 is 0. The molecule has 0 fully saturated rings. The minimum absolute atomic E-state index is 0.151. The summed E-state index contributed by atoms with van der Waals surface area (Å²) in [4.78, 5) is 16.6. The largest absolute Gasteiger partial charge is 0.294 e. The van der Waals surface area contributed by atoms with Crippen molar-refractivity contribution in [2.24, 2.45) is 11.3 Å². The van der Waals surface area contributed by atoms with E-state index in [-0.39, 0.29) is 11.2 Å². The molecule has 0 amide bonds. The molecule has 0 bridgehead atoms. The van der Waals surface area contributed by atoms with Crippen LogP contribution in [0.4, 0.5) is 0 Å². The lowest BCUT2D eigenvalue weighted by molar-refractivity contribution is 0.0929. The zero-order chi connectivity index (χ0) is 14.0. The van der Waals surface area contributed by atoms with E-state index in [2.05, 4.69) is 32.7 Å². The molecule has 0 saturated heterocycles. The van der Waals surface area contributed by atoms with Crippen molar-refractivity contribution in [3.05, 3.63) is 42.2 Å². The lowest BCUT2D eigenvalue weighted by atomic mass is 9.78. The van der Waals surface area contributed by atoms with Crippen molar-refractivity contribution in [1.82, 2.24) is 4.98 Å². The molecule has 19 heavy (non-hydrogen) atoms. The van der Waals surface area contributed by atoms with Crippen molar-refractivity contribution < 1.29 is 4.79 Å². The van der Waals surface area contributed by atoms with E-state index in [1.54, 1.807) is 12.4 Å². The van der Waals surface area contributed by atoms with E-state index in [4.69, 9.17) is 0 Å². The van der Waals surface area contributed by atoms with E-state index in [0.717, 1.165) is 16.3 Å². The van der Waals surface area contributed by atoms with Gasteiger partial charge in [0, 0.05) is 29.8 Å². The van der Waals surface area contributed by atoms with Gasteiger partial charge in [-0.1, -0.05) is 45.9 Å². The van der Waals surface area contributed by atoms with Gasteiger partial charge in [-0.05, 0) is 22.8 Å². The molecule has 0 aliphatic rings. The van der Waals surface area contributed by atoms with Gasteiger partial charge in [0.1, 0.15) is 0 Å². The van der Waals surface area contributed by atoms with E-state index in [0.29, 0.717) is 12.3 Å². The fourth-order valence-electron chi connectivity index (χ4n) is 2.05. The Hall–Kier alpha value is -1.70. The van der Waals surface area contributed by atoms with E-state index >= 15 is 0 Å². The van der Waals surface area contributed by atoms with Gasteiger partial charge in [0.2, 0.25) is 0 Å². The summed E-state index contributed by atoms with van der Waals surface area (Å²) in [5.41, 5.74) is 0.945. The monoisotopic (exact) mass is 255 g/mol. The van der Waals surface area contributed by atoms with Crippen molar-refractivity contribution in [2.75, 3.05) is 0 Å². The molecule has 2 aromatic rings. The third-order valence-corrected chi connectivity index (χ3v) is 3.95. The van der Waals surface area contributed by atoms with Crippen LogP contribution in [0.3, 0.4) is 0 Å². The van der Waals surface area contributed by atoms with Crippen molar-refractivity contribution in [2.45, 2.75) is 34.1 Å². The molecular formula is C17H21NO. The highest BCUT2D eigenvalue weighted by atomic mass is 16.1. The van der Waals surface area contributed by atoms with Crippen LogP contribution in [0, 0.1) is 11.3 Å². The molecule has 2 nitrogen and oxygen atoms in total. The highest BCUT2D eigenvalue weighted by Crippen LogP contribution is 2.30. The van der Waals surface area contributed by atoms with Crippen molar-refractivity contribution in [3.63, 3.8) is 0 Å². The average molecular weight is 255 g/mol. The molecule has 100 valence electrons. The number of aromatic nitrogens is 1. The summed E-state index contributed by atoms with van der Waals surface area (Å²) < 4.78 is 0. The van der Waals surface area contributed by atoms with E-state index in [1.807, 2.05) is 24.3 Å². The van der Waals surface area contributed by atoms with Gasteiger partial charge in [-0.25, -0.2) is 0 Å². The fraction of sp³-hybridized carbons (Fsp3) is 0.412. The van der Waals surface area contributed by atoms with E-state index in [1.165, 1.54) is 0 Å². The number of Topliss-reactive ketones (excluding diaryl/α,β-unsaturated/α-hetero) is 1. The Morgan fingerprint density at radius 2 is 2.00 bits per heavy atom. The molecule has 1 aromatic carbocycles. The molecule has 2 rings (SSSR count). The minimum Gasteiger partial charge on any atom is -0.294 e. The number of ketones is 1. The van der Waals surface area contributed by atoms with E-state index < -0.39 is 0 Å². The van der Waals surface area contributed by atoms with Gasteiger partial charge in [-0.3, -0.25) is 9.78 Å². The van der Waals surface area contributed by atoms with Crippen LogP contribution < -0.4 is 0 Å². The van der Waals surface area contributed by atoms with Gasteiger partial charge in [-0.15, -0.1) is 0 Å². The number of nitrogens with zero attached hydrogens (tertiary/aromatic N) is 1. The smallest absolute Gasteiger partial charge is 0.163 e. The maximum Gasteiger partial charge on any atom is 0.163 e. The van der Waals surface area contributed by atoms with Gasteiger partial charge in [-0.2, -0.15) is 0 Å². The van der Waals surface area contributed by atoms with Crippen LogP contribution >= 0.6 is 0 Å². The molecule has 1 aromatic heterocycles. The van der Waals surface area contributed by atoms with Crippen LogP contribution in [0.1, 0.15) is 44.5 Å². The Bertz CT molecular complexity index is 590. The maximum absolute atomic E-state index is 12.5. The summed E-state index contributed by atoms with van der Waals surface area (Å²) in [5.74, 6) is 0.563. The molecule has 2 heteroatoms. The first-order valence-corrected chi connectivity index (χ1v) is 6.75. The van der Waals surface area contributed by atoms with E-state index in [9.17, 15) is 4.79 Å².